The molecule has 1 rings (SSSR count). The Morgan fingerprint density at radius 1 is 1.29 bits per heavy atom. The maximum atomic E-state index is 11.9. The summed E-state index contributed by atoms with van der Waals surface area (Å²) in [5.41, 5.74) is 0.503. The zero-order chi connectivity index (χ0) is 15.8. The minimum Gasteiger partial charge on any atom is -0.473 e. The number of halogens is 1. The molecule has 0 spiro atoms. The van der Waals surface area contributed by atoms with E-state index in [1.54, 1.807) is 38.4 Å². The second-order valence-electron chi connectivity index (χ2n) is 4.36. The van der Waals surface area contributed by atoms with E-state index in [4.69, 9.17) is 9.84 Å². The molecule has 0 fully saturated rings. The van der Waals surface area contributed by atoms with Crippen LogP contribution in [0.3, 0.4) is 0 Å². The first-order chi connectivity index (χ1) is 9.95. The van der Waals surface area contributed by atoms with Gasteiger partial charge in [0.15, 0.2) is 6.73 Å². The van der Waals surface area contributed by atoms with E-state index in [-0.39, 0.29) is 25.5 Å². The molecule has 0 unspecified atom stereocenters. The van der Waals surface area contributed by atoms with Gasteiger partial charge in [0, 0.05) is 26.2 Å². The summed E-state index contributed by atoms with van der Waals surface area (Å²) in [5, 5.41) is 8.90. The van der Waals surface area contributed by atoms with Gasteiger partial charge in [0.25, 0.3) is 5.91 Å². The van der Waals surface area contributed by atoms with Crippen LogP contribution in [-0.4, -0.2) is 54.3 Å². The van der Waals surface area contributed by atoms with Gasteiger partial charge in [-0.2, -0.15) is 0 Å². The van der Waals surface area contributed by atoms with Crippen LogP contribution < -0.4 is 4.74 Å². The predicted molar refractivity (Wildman–Crippen MR) is 74.9 cm³/mol. The second-order valence-corrected chi connectivity index (χ2v) is 4.36. The number of amides is 2. The summed E-state index contributed by atoms with van der Waals surface area (Å²) in [6.07, 6.45) is 0.126. The fourth-order valence-corrected chi connectivity index (χ4v) is 1.46. The molecule has 6 nitrogen and oxygen atoms in total. The molecule has 0 aromatic heterocycles. The fourth-order valence-electron chi connectivity index (χ4n) is 1.46. The Hall–Kier alpha value is -2.57. The monoisotopic (exact) mass is 296 g/mol. The highest BCUT2D eigenvalue weighted by Gasteiger charge is 2.11. The van der Waals surface area contributed by atoms with Crippen LogP contribution >= 0.6 is 0 Å². The number of hydrogen-bond donors (Lipinski definition) is 1. The van der Waals surface area contributed by atoms with Crippen LogP contribution in [0.25, 0.3) is 0 Å². The molecule has 1 aromatic carbocycles. The third kappa shape index (κ3) is 5.13. The number of benzene rings is 1. The van der Waals surface area contributed by atoms with Gasteiger partial charge in [-0.1, -0.05) is 0 Å². The third-order valence-corrected chi connectivity index (χ3v) is 2.58. The van der Waals surface area contributed by atoms with E-state index in [0.29, 0.717) is 11.3 Å². The molecule has 0 aliphatic rings. The molecule has 0 aliphatic carbocycles. The van der Waals surface area contributed by atoms with Gasteiger partial charge < -0.3 is 14.7 Å². The molecule has 1 N–H and O–H groups in total. The maximum Gasteiger partial charge on any atom is 0.410 e. The zero-order valence-electron chi connectivity index (χ0n) is 11.8. The molecule has 7 heteroatoms. The van der Waals surface area contributed by atoms with E-state index in [1.807, 2.05) is 0 Å². The second kappa shape index (κ2) is 7.88. The summed E-state index contributed by atoms with van der Waals surface area (Å²) in [5.74, 6) is 0.280. The highest BCUT2D eigenvalue weighted by Crippen LogP contribution is 2.13. The maximum absolute atomic E-state index is 11.9. The Kier molecular flexibility index (Phi) is 6.19. The molecule has 0 bridgehead atoms. The van der Waals surface area contributed by atoms with Crippen LogP contribution in [0.15, 0.2) is 36.7 Å². The number of rotatable bonds is 6. The fraction of sp³-hybridized carbons (Fsp3) is 0.286. The van der Waals surface area contributed by atoms with Crippen molar-refractivity contribution >= 4 is 12.0 Å². The van der Waals surface area contributed by atoms with E-state index in [9.17, 15) is 14.0 Å². The van der Waals surface area contributed by atoms with Crippen molar-refractivity contribution in [1.82, 2.24) is 9.80 Å². The van der Waals surface area contributed by atoms with E-state index in [2.05, 4.69) is 0 Å². The number of nitrogens with zero attached hydrogens (tertiary/aromatic N) is 2. The van der Waals surface area contributed by atoms with Gasteiger partial charge in [-0.3, -0.25) is 9.69 Å². The summed E-state index contributed by atoms with van der Waals surface area (Å²) < 4.78 is 17.2. The van der Waals surface area contributed by atoms with Crippen molar-refractivity contribution in [2.45, 2.75) is 0 Å². The number of ether oxygens (including phenoxy) is 1. The molecule has 0 saturated carbocycles. The smallest absolute Gasteiger partial charge is 0.410 e. The minimum atomic E-state index is -1.22. The van der Waals surface area contributed by atoms with Gasteiger partial charge in [-0.15, -0.1) is 0 Å². The molecule has 21 heavy (non-hydrogen) atoms. The van der Waals surface area contributed by atoms with Crippen LogP contribution in [-0.2, 0) is 0 Å². The van der Waals surface area contributed by atoms with Crippen LogP contribution in [0.4, 0.5) is 9.18 Å². The molecule has 2 amide bonds. The first kappa shape index (κ1) is 16.5. The highest BCUT2D eigenvalue weighted by atomic mass is 19.1. The summed E-state index contributed by atoms with van der Waals surface area (Å²) in [7, 11) is 3.30. The van der Waals surface area contributed by atoms with E-state index in [0.717, 1.165) is 11.0 Å². The first-order valence-electron chi connectivity index (χ1n) is 6.13. The number of carboxylic acid groups (broad SMARTS) is 1. The number of carbonyl (C=O) groups excluding carboxylic acids is 1. The lowest BCUT2D eigenvalue weighted by Crippen LogP contribution is -2.33. The Morgan fingerprint density at radius 3 is 2.38 bits per heavy atom. The van der Waals surface area contributed by atoms with Gasteiger partial charge in [0.1, 0.15) is 5.75 Å². The zero-order valence-corrected chi connectivity index (χ0v) is 11.8. The van der Waals surface area contributed by atoms with Gasteiger partial charge in [-0.25, -0.2) is 9.18 Å². The summed E-state index contributed by atoms with van der Waals surface area (Å²) in [6, 6.07) is 6.32. The van der Waals surface area contributed by atoms with Crippen molar-refractivity contribution < 1.29 is 23.8 Å². The van der Waals surface area contributed by atoms with Crippen molar-refractivity contribution in [1.29, 1.82) is 0 Å². The van der Waals surface area contributed by atoms with Gasteiger partial charge >= 0.3 is 6.09 Å². The first-order valence-corrected chi connectivity index (χ1v) is 6.13. The normalized spacial score (nSPS) is 10.4. The summed E-state index contributed by atoms with van der Waals surface area (Å²) in [6.45, 7) is -0.344. The van der Waals surface area contributed by atoms with Crippen LogP contribution in [0.5, 0.6) is 5.75 Å². The van der Waals surface area contributed by atoms with Crippen molar-refractivity contribution in [2.75, 3.05) is 27.4 Å². The quantitative estimate of drug-likeness (QED) is 0.817. The molecule has 0 saturated heterocycles. The van der Waals surface area contributed by atoms with Crippen molar-refractivity contribution in [3.05, 3.63) is 42.2 Å². The lowest BCUT2D eigenvalue weighted by atomic mass is 10.2. The summed E-state index contributed by atoms with van der Waals surface area (Å²) >= 11 is 0. The van der Waals surface area contributed by atoms with E-state index in [1.165, 1.54) is 4.90 Å². The predicted octanol–water partition coefficient (Wildman–Crippen LogP) is 2.19. The average Bonchev–Trinajstić information content (AvgIpc) is 2.46. The Morgan fingerprint density at radius 2 is 1.90 bits per heavy atom. The van der Waals surface area contributed by atoms with Gasteiger partial charge in [0.2, 0.25) is 0 Å². The lowest BCUT2D eigenvalue weighted by molar-refractivity contribution is 0.0827. The summed E-state index contributed by atoms with van der Waals surface area (Å²) in [4.78, 5) is 24.9. The van der Waals surface area contributed by atoms with Crippen LogP contribution in [0.1, 0.15) is 10.4 Å². The topological polar surface area (TPSA) is 70.1 Å². The average molecular weight is 296 g/mol. The SMILES string of the molecule is CN(C)C(=O)c1ccc(OCN(CC=CF)C(=O)O)cc1. The van der Waals surface area contributed by atoms with Crippen molar-refractivity contribution in [3.63, 3.8) is 0 Å². The van der Waals surface area contributed by atoms with Crippen LogP contribution in [0.2, 0.25) is 0 Å². The van der Waals surface area contributed by atoms with Crippen molar-refractivity contribution in [3.8, 4) is 5.75 Å². The third-order valence-electron chi connectivity index (χ3n) is 2.58. The molecule has 0 heterocycles. The molecule has 0 aliphatic heterocycles. The minimum absolute atomic E-state index is 0.108. The molecule has 1 aromatic rings. The number of carbonyl (C=O) groups is 2. The van der Waals surface area contributed by atoms with E-state index >= 15 is 0 Å². The number of hydrogen-bond acceptors (Lipinski definition) is 3. The molecule has 114 valence electrons. The highest BCUT2D eigenvalue weighted by molar-refractivity contribution is 5.93. The molecular weight excluding hydrogens is 279 g/mol. The van der Waals surface area contributed by atoms with Gasteiger partial charge in [0.05, 0.1) is 6.33 Å². The molecule has 0 atom stereocenters. The molecule has 0 radical (unpaired) electrons. The van der Waals surface area contributed by atoms with Gasteiger partial charge in [-0.05, 0) is 30.3 Å². The molecular formula is C14H17FN2O4. The van der Waals surface area contributed by atoms with Crippen LogP contribution in [0, 0.1) is 0 Å². The van der Waals surface area contributed by atoms with E-state index < -0.39 is 6.09 Å². The largest absolute Gasteiger partial charge is 0.473 e. The Balaban J connectivity index is 2.63. The van der Waals surface area contributed by atoms with Crippen molar-refractivity contribution in [2.24, 2.45) is 0 Å². The lowest BCUT2D eigenvalue weighted by Gasteiger charge is -2.18. The Labute approximate surface area is 122 Å². The Bertz CT molecular complexity index is 514. The standard InChI is InChI=1S/C14H17FN2O4/c1-16(2)13(18)11-4-6-12(7-5-11)21-10-17(14(19)20)9-3-8-15/h3-8H,9-10H2,1-2H3,(H,19,20).